The van der Waals surface area contributed by atoms with Crippen LogP contribution in [-0.4, -0.2) is 33.2 Å². The van der Waals surface area contributed by atoms with Gasteiger partial charge in [0, 0.05) is 52.3 Å². The summed E-state index contributed by atoms with van der Waals surface area (Å²) in [6.07, 6.45) is 2.97. The molecule has 0 unspecified atom stereocenters. The maximum atomic E-state index is 13.4. The van der Waals surface area contributed by atoms with Crippen molar-refractivity contribution in [2.24, 2.45) is 0 Å². The molecule has 0 radical (unpaired) electrons. The van der Waals surface area contributed by atoms with Crippen LogP contribution >= 0.6 is 22.9 Å². The van der Waals surface area contributed by atoms with Gasteiger partial charge >= 0.3 is 0 Å². The lowest BCUT2D eigenvalue weighted by Crippen LogP contribution is -2.37. The topological polar surface area (TPSA) is 78.1 Å². The van der Waals surface area contributed by atoms with E-state index in [2.05, 4.69) is 15.3 Å². The van der Waals surface area contributed by atoms with Gasteiger partial charge in [0.25, 0.3) is 5.91 Å². The highest BCUT2D eigenvalue weighted by Gasteiger charge is 2.27. The number of pyridine rings is 1. The van der Waals surface area contributed by atoms with Crippen LogP contribution in [0, 0.1) is 13.8 Å². The number of nitrogens with one attached hydrogen (secondary N) is 2. The largest absolute Gasteiger partial charge is 0.352 e. The average Bonchev–Trinajstić information content (AvgIpc) is 3.45. The highest BCUT2D eigenvalue weighted by molar-refractivity contribution is 7.10. The molecule has 4 heterocycles. The van der Waals surface area contributed by atoms with Gasteiger partial charge in [-0.15, -0.1) is 11.3 Å². The lowest BCUT2D eigenvalue weighted by Gasteiger charge is -2.30. The summed E-state index contributed by atoms with van der Waals surface area (Å²) in [5.74, 6) is -0.0247. The van der Waals surface area contributed by atoms with E-state index in [-0.39, 0.29) is 11.8 Å². The summed E-state index contributed by atoms with van der Waals surface area (Å²) < 4.78 is 0. The van der Waals surface area contributed by atoms with Crippen molar-refractivity contribution >= 4 is 45.7 Å². The quantitative estimate of drug-likeness (QED) is 0.413. The number of aromatic nitrogens is 2. The molecule has 0 saturated heterocycles. The van der Waals surface area contributed by atoms with Crippen molar-refractivity contribution in [3.8, 4) is 0 Å². The molecule has 1 aromatic carbocycles. The van der Waals surface area contributed by atoms with Crippen LogP contribution in [0.3, 0.4) is 0 Å². The Morgan fingerprint density at radius 3 is 2.91 bits per heavy atom. The van der Waals surface area contributed by atoms with Gasteiger partial charge in [-0.05, 0) is 72.2 Å². The minimum Gasteiger partial charge on any atom is -0.352 e. The molecule has 4 aromatic rings. The fraction of sp³-hybridized carbons (Fsp3) is 0.269. The van der Waals surface area contributed by atoms with Gasteiger partial charge < -0.3 is 15.2 Å². The SMILES string of the molecule is Cc1ncc2c(c1CNC(=O)Cc1cccs1)CCN(C(=O)c1[nH]c3ccc(Cl)cc3c1C)C2. The normalized spacial score (nSPS) is 13.2. The van der Waals surface area contributed by atoms with Crippen molar-refractivity contribution < 1.29 is 9.59 Å². The van der Waals surface area contributed by atoms with Crippen LogP contribution < -0.4 is 5.32 Å². The highest BCUT2D eigenvalue weighted by Crippen LogP contribution is 2.29. The van der Waals surface area contributed by atoms with E-state index >= 15 is 0 Å². The van der Waals surface area contributed by atoms with Gasteiger partial charge in [-0.2, -0.15) is 0 Å². The fourth-order valence-corrected chi connectivity index (χ4v) is 5.50. The number of benzene rings is 1. The second kappa shape index (κ2) is 9.24. The summed E-state index contributed by atoms with van der Waals surface area (Å²) in [5, 5.41) is 6.64. The molecule has 0 aliphatic carbocycles. The first-order valence-electron chi connectivity index (χ1n) is 11.2. The van der Waals surface area contributed by atoms with Crippen LogP contribution in [0.2, 0.25) is 5.02 Å². The van der Waals surface area contributed by atoms with Crippen molar-refractivity contribution in [3.05, 3.63) is 85.5 Å². The summed E-state index contributed by atoms with van der Waals surface area (Å²) in [5.41, 5.74) is 6.60. The Morgan fingerprint density at radius 2 is 2.12 bits per heavy atom. The Kier molecular flexibility index (Phi) is 6.15. The second-order valence-corrected chi connectivity index (χ2v) is 10.1. The number of nitrogens with zero attached hydrogens (tertiary/aromatic N) is 2. The molecule has 6 nitrogen and oxygen atoms in total. The van der Waals surface area contributed by atoms with Gasteiger partial charge in [-0.3, -0.25) is 14.6 Å². The molecular weight excluding hydrogens is 468 g/mol. The maximum absolute atomic E-state index is 13.4. The smallest absolute Gasteiger partial charge is 0.270 e. The Labute approximate surface area is 207 Å². The zero-order chi connectivity index (χ0) is 23.8. The number of H-pyrrole nitrogens is 1. The molecule has 2 amide bonds. The van der Waals surface area contributed by atoms with Crippen LogP contribution in [0.1, 0.15) is 43.3 Å². The van der Waals surface area contributed by atoms with Gasteiger partial charge in [0.1, 0.15) is 5.69 Å². The van der Waals surface area contributed by atoms with E-state index in [1.807, 2.05) is 60.7 Å². The lowest BCUT2D eigenvalue weighted by atomic mass is 9.94. The summed E-state index contributed by atoms with van der Waals surface area (Å²) in [6, 6.07) is 9.53. The lowest BCUT2D eigenvalue weighted by molar-refractivity contribution is -0.120. The molecule has 0 atom stereocenters. The van der Waals surface area contributed by atoms with E-state index in [0.717, 1.165) is 44.6 Å². The Balaban J connectivity index is 1.33. The molecule has 0 bridgehead atoms. The highest BCUT2D eigenvalue weighted by atomic mass is 35.5. The van der Waals surface area contributed by atoms with Crippen LogP contribution in [0.4, 0.5) is 0 Å². The van der Waals surface area contributed by atoms with E-state index in [4.69, 9.17) is 11.6 Å². The molecule has 1 aliphatic rings. The van der Waals surface area contributed by atoms with Crippen molar-refractivity contribution in [1.29, 1.82) is 0 Å². The van der Waals surface area contributed by atoms with Crippen molar-refractivity contribution in [3.63, 3.8) is 0 Å². The van der Waals surface area contributed by atoms with E-state index in [0.29, 0.717) is 36.8 Å². The van der Waals surface area contributed by atoms with Gasteiger partial charge in [-0.25, -0.2) is 0 Å². The minimum absolute atomic E-state index is 0.00135. The Bertz CT molecular complexity index is 1390. The number of fused-ring (bicyclic) bond motifs is 2. The summed E-state index contributed by atoms with van der Waals surface area (Å²) >= 11 is 7.73. The third kappa shape index (κ3) is 4.33. The zero-order valence-corrected chi connectivity index (χ0v) is 20.6. The third-order valence-electron chi connectivity index (χ3n) is 6.49. The van der Waals surface area contributed by atoms with Crippen molar-refractivity contribution in [2.75, 3.05) is 6.54 Å². The molecule has 1 aliphatic heterocycles. The van der Waals surface area contributed by atoms with E-state index < -0.39 is 0 Å². The third-order valence-corrected chi connectivity index (χ3v) is 7.61. The molecule has 2 N–H and O–H groups in total. The zero-order valence-electron chi connectivity index (χ0n) is 19.1. The average molecular weight is 493 g/mol. The van der Waals surface area contributed by atoms with Crippen LogP contribution in [0.25, 0.3) is 10.9 Å². The van der Waals surface area contributed by atoms with E-state index in [9.17, 15) is 9.59 Å². The number of hydrogen-bond donors (Lipinski definition) is 2. The number of hydrogen-bond acceptors (Lipinski definition) is 4. The molecule has 5 rings (SSSR count). The Morgan fingerprint density at radius 1 is 1.26 bits per heavy atom. The van der Waals surface area contributed by atoms with Crippen LogP contribution in [0.5, 0.6) is 0 Å². The van der Waals surface area contributed by atoms with Gasteiger partial charge in [0.15, 0.2) is 0 Å². The molecule has 0 spiro atoms. The molecule has 174 valence electrons. The first-order valence-corrected chi connectivity index (χ1v) is 12.5. The molecule has 34 heavy (non-hydrogen) atoms. The predicted molar refractivity (Wildman–Crippen MR) is 135 cm³/mol. The maximum Gasteiger partial charge on any atom is 0.270 e. The number of halogens is 1. The molecule has 0 saturated carbocycles. The summed E-state index contributed by atoms with van der Waals surface area (Å²) in [6.45, 7) is 5.47. The summed E-state index contributed by atoms with van der Waals surface area (Å²) in [7, 11) is 0. The van der Waals surface area contributed by atoms with Gasteiger partial charge in [0.2, 0.25) is 5.91 Å². The monoisotopic (exact) mass is 492 g/mol. The van der Waals surface area contributed by atoms with Crippen LogP contribution in [-0.2, 0) is 30.7 Å². The number of carbonyl (C=O) groups is 2. The van der Waals surface area contributed by atoms with E-state index in [1.165, 1.54) is 5.56 Å². The molecule has 0 fully saturated rings. The fourth-order valence-electron chi connectivity index (χ4n) is 4.62. The van der Waals surface area contributed by atoms with Crippen molar-refractivity contribution in [2.45, 2.75) is 39.8 Å². The number of thiophene rings is 1. The Hall–Kier alpha value is -3.16. The van der Waals surface area contributed by atoms with Gasteiger partial charge in [0.05, 0.1) is 6.42 Å². The molecule has 8 heteroatoms. The summed E-state index contributed by atoms with van der Waals surface area (Å²) in [4.78, 5) is 36.5. The minimum atomic E-state index is -0.0261. The number of carbonyl (C=O) groups excluding carboxylic acids is 2. The first-order chi connectivity index (χ1) is 16.4. The number of aryl methyl sites for hydroxylation is 2. The van der Waals surface area contributed by atoms with Crippen LogP contribution in [0.15, 0.2) is 41.9 Å². The number of aromatic amines is 1. The second-order valence-electron chi connectivity index (χ2n) is 8.65. The standard InChI is InChI=1S/C26H25ClN4O2S/c1-15-21-10-18(27)5-6-23(21)30-25(15)26(33)31-8-7-20-17(14-31)12-28-16(2)22(20)13-29-24(32)11-19-4-3-9-34-19/h3-6,9-10,12,30H,7-8,11,13-14H2,1-2H3,(H,29,32). The van der Waals surface area contributed by atoms with E-state index in [1.54, 1.807) is 11.3 Å². The van der Waals surface area contributed by atoms with Crippen molar-refractivity contribution in [1.82, 2.24) is 20.2 Å². The molecular formula is C26H25ClN4O2S. The van der Waals surface area contributed by atoms with Gasteiger partial charge in [-0.1, -0.05) is 17.7 Å². The molecule has 3 aromatic heterocycles. The number of rotatable bonds is 5. The number of amides is 2. The first kappa shape index (κ1) is 22.6. The predicted octanol–water partition coefficient (Wildman–Crippen LogP) is 4.95.